The first-order chi connectivity index (χ1) is 8.58. The third-order valence-electron chi connectivity index (χ3n) is 2.35. The molecule has 1 aromatic rings. The van der Waals surface area contributed by atoms with E-state index in [1.54, 1.807) is 20.3 Å². The molecule has 0 aromatic heterocycles. The number of hydrogen-bond acceptors (Lipinski definition) is 3. The first-order valence-corrected chi connectivity index (χ1v) is 6.92. The highest BCUT2D eigenvalue weighted by Gasteiger charge is 2.13. The fourth-order valence-electron chi connectivity index (χ4n) is 1.37. The van der Waals surface area contributed by atoms with Crippen LogP contribution in [0.15, 0.2) is 27.1 Å². The lowest BCUT2D eigenvalue weighted by atomic mass is 10.2. The van der Waals surface area contributed by atoms with E-state index in [0.29, 0.717) is 18.7 Å². The molecule has 18 heavy (non-hydrogen) atoms. The summed E-state index contributed by atoms with van der Waals surface area (Å²) in [6.07, 6.45) is -0.148. The second-order valence-corrected chi connectivity index (χ2v) is 5.42. The summed E-state index contributed by atoms with van der Waals surface area (Å²) in [5.74, 6) is -0.152. The van der Waals surface area contributed by atoms with Crippen LogP contribution >= 0.6 is 31.9 Å². The molecular formula is C12H15Br2NO3. The quantitative estimate of drug-likeness (QED) is 0.825. The van der Waals surface area contributed by atoms with E-state index in [2.05, 4.69) is 37.2 Å². The predicted octanol–water partition coefficient (Wildman–Crippen LogP) is 2.60. The Morgan fingerprint density at radius 3 is 2.72 bits per heavy atom. The maximum Gasteiger partial charge on any atom is 0.252 e. The van der Waals surface area contributed by atoms with Crippen LogP contribution in [0.3, 0.4) is 0 Å². The number of ether oxygens (including phenoxy) is 2. The molecule has 0 saturated heterocycles. The van der Waals surface area contributed by atoms with E-state index < -0.39 is 0 Å². The second kappa shape index (κ2) is 7.89. The molecule has 6 heteroatoms. The number of nitrogens with one attached hydrogen (secondary N) is 1. The van der Waals surface area contributed by atoms with Gasteiger partial charge in [-0.1, -0.05) is 15.9 Å². The lowest BCUT2D eigenvalue weighted by Gasteiger charge is -2.15. The third-order valence-corrected chi connectivity index (χ3v) is 3.53. The summed E-state index contributed by atoms with van der Waals surface area (Å²) in [6.45, 7) is 0.846. The van der Waals surface area contributed by atoms with Gasteiger partial charge < -0.3 is 14.8 Å². The molecule has 1 rings (SSSR count). The van der Waals surface area contributed by atoms with Gasteiger partial charge in [0.05, 0.1) is 18.3 Å². The van der Waals surface area contributed by atoms with E-state index in [4.69, 9.17) is 9.47 Å². The Hall–Kier alpha value is -0.430. The molecule has 0 saturated carbocycles. The van der Waals surface area contributed by atoms with Gasteiger partial charge in [0.2, 0.25) is 0 Å². The summed E-state index contributed by atoms with van der Waals surface area (Å²) in [5, 5.41) is 2.81. The first-order valence-electron chi connectivity index (χ1n) is 5.33. The van der Waals surface area contributed by atoms with Gasteiger partial charge in [-0.2, -0.15) is 0 Å². The molecule has 0 heterocycles. The molecule has 0 radical (unpaired) electrons. The molecule has 100 valence electrons. The van der Waals surface area contributed by atoms with Crippen LogP contribution in [0.2, 0.25) is 0 Å². The van der Waals surface area contributed by atoms with Crippen LogP contribution in [0, 0.1) is 0 Å². The van der Waals surface area contributed by atoms with Crippen molar-refractivity contribution in [2.75, 3.05) is 27.4 Å². The van der Waals surface area contributed by atoms with Gasteiger partial charge in [0.1, 0.15) is 0 Å². The molecule has 1 atom stereocenters. The van der Waals surface area contributed by atoms with Crippen LogP contribution < -0.4 is 5.32 Å². The highest BCUT2D eigenvalue weighted by Crippen LogP contribution is 2.21. The van der Waals surface area contributed by atoms with Crippen molar-refractivity contribution >= 4 is 37.8 Å². The van der Waals surface area contributed by atoms with E-state index in [9.17, 15) is 4.79 Å². The predicted molar refractivity (Wildman–Crippen MR) is 76.8 cm³/mol. The van der Waals surface area contributed by atoms with E-state index >= 15 is 0 Å². The van der Waals surface area contributed by atoms with Crippen molar-refractivity contribution in [3.63, 3.8) is 0 Å². The van der Waals surface area contributed by atoms with E-state index in [-0.39, 0.29) is 12.0 Å². The maximum absolute atomic E-state index is 12.0. The lowest BCUT2D eigenvalue weighted by Crippen LogP contribution is -2.35. The van der Waals surface area contributed by atoms with Crippen LogP contribution in [0.5, 0.6) is 0 Å². The number of methoxy groups -OCH3 is 2. The van der Waals surface area contributed by atoms with Crippen molar-refractivity contribution in [1.29, 1.82) is 0 Å². The van der Waals surface area contributed by atoms with Crippen molar-refractivity contribution in [3.05, 3.63) is 32.7 Å². The van der Waals surface area contributed by atoms with Crippen molar-refractivity contribution in [3.8, 4) is 0 Å². The molecule has 0 aliphatic rings. The molecule has 1 unspecified atom stereocenters. The fourth-order valence-corrected chi connectivity index (χ4v) is 2.16. The fraction of sp³-hybridized carbons (Fsp3) is 0.417. The normalized spacial score (nSPS) is 12.2. The monoisotopic (exact) mass is 379 g/mol. The van der Waals surface area contributed by atoms with Crippen molar-refractivity contribution in [2.45, 2.75) is 6.10 Å². The SMILES string of the molecule is COCC(CNC(=O)c1cc(Br)ccc1Br)OC. The summed E-state index contributed by atoms with van der Waals surface area (Å²) in [7, 11) is 3.18. The number of benzene rings is 1. The van der Waals surface area contributed by atoms with Crippen LogP contribution in [0.4, 0.5) is 0 Å². The van der Waals surface area contributed by atoms with Gasteiger partial charge in [-0.3, -0.25) is 4.79 Å². The number of rotatable bonds is 6. The lowest BCUT2D eigenvalue weighted by molar-refractivity contribution is 0.0285. The summed E-state index contributed by atoms with van der Waals surface area (Å²) >= 11 is 6.69. The van der Waals surface area contributed by atoms with Gasteiger partial charge in [0, 0.05) is 29.7 Å². The summed E-state index contributed by atoms with van der Waals surface area (Å²) in [5.41, 5.74) is 0.580. The zero-order valence-corrected chi connectivity index (χ0v) is 13.4. The highest BCUT2D eigenvalue weighted by molar-refractivity contribution is 9.11. The van der Waals surface area contributed by atoms with Crippen molar-refractivity contribution in [1.82, 2.24) is 5.32 Å². The Labute approximate surface area is 123 Å². The number of carbonyl (C=O) groups is 1. The summed E-state index contributed by atoms with van der Waals surface area (Å²) in [4.78, 5) is 12.0. The van der Waals surface area contributed by atoms with Crippen LogP contribution in [-0.4, -0.2) is 39.4 Å². The zero-order chi connectivity index (χ0) is 13.5. The number of halogens is 2. The molecule has 1 N–H and O–H groups in total. The largest absolute Gasteiger partial charge is 0.382 e. The number of amides is 1. The average molecular weight is 381 g/mol. The van der Waals surface area contributed by atoms with Crippen LogP contribution in [0.25, 0.3) is 0 Å². The van der Waals surface area contributed by atoms with Crippen molar-refractivity contribution in [2.24, 2.45) is 0 Å². The van der Waals surface area contributed by atoms with Crippen LogP contribution in [0.1, 0.15) is 10.4 Å². The van der Waals surface area contributed by atoms with Gasteiger partial charge in [0.25, 0.3) is 5.91 Å². The van der Waals surface area contributed by atoms with E-state index in [1.807, 2.05) is 12.1 Å². The molecule has 0 fully saturated rings. The average Bonchev–Trinajstić information content (AvgIpc) is 2.37. The number of hydrogen-bond donors (Lipinski definition) is 1. The van der Waals surface area contributed by atoms with Gasteiger partial charge in [-0.15, -0.1) is 0 Å². The molecule has 1 amide bonds. The van der Waals surface area contributed by atoms with E-state index in [0.717, 1.165) is 8.95 Å². The minimum absolute atomic E-state index is 0.148. The van der Waals surface area contributed by atoms with Crippen LogP contribution in [-0.2, 0) is 9.47 Å². The van der Waals surface area contributed by atoms with Crippen molar-refractivity contribution < 1.29 is 14.3 Å². The van der Waals surface area contributed by atoms with Gasteiger partial charge >= 0.3 is 0 Å². The minimum Gasteiger partial charge on any atom is -0.382 e. The number of carbonyl (C=O) groups excluding carboxylic acids is 1. The Bertz CT molecular complexity index is 412. The molecule has 0 aliphatic carbocycles. The van der Waals surface area contributed by atoms with Gasteiger partial charge in [0.15, 0.2) is 0 Å². The molecule has 0 bridgehead atoms. The van der Waals surface area contributed by atoms with Gasteiger partial charge in [-0.25, -0.2) is 0 Å². The zero-order valence-electron chi connectivity index (χ0n) is 10.2. The Kier molecular flexibility index (Phi) is 6.85. The molecular weight excluding hydrogens is 366 g/mol. The Morgan fingerprint density at radius 2 is 2.11 bits per heavy atom. The standard InChI is InChI=1S/C12H15Br2NO3/c1-17-7-9(18-2)6-15-12(16)10-5-8(13)3-4-11(10)14/h3-5,9H,6-7H2,1-2H3,(H,15,16). The molecule has 4 nitrogen and oxygen atoms in total. The topological polar surface area (TPSA) is 47.6 Å². The molecule has 1 aromatic carbocycles. The molecule has 0 aliphatic heterocycles. The van der Waals surface area contributed by atoms with Gasteiger partial charge in [-0.05, 0) is 34.1 Å². The maximum atomic E-state index is 12.0. The Morgan fingerprint density at radius 1 is 1.39 bits per heavy atom. The second-order valence-electron chi connectivity index (χ2n) is 3.65. The Balaban J connectivity index is 2.62. The third kappa shape index (κ3) is 4.68. The minimum atomic E-state index is -0.152. The first kappa shape index (κ1) is 15.6. The van der Waals surface area contributed by atoms with E-state index in [1.165, 1.54) is 0 Å². The summed E-state index contributed by atoms with van der Waals surface area (Å²) in [6, 6.07) is 5.45. The smallest absolute Gasteiger partial charge is 0.252 e. The molecule has 0 spiro atoms. The summed E-state index contributed by atoms with van der Waals surface area (Å²) < 4.78 is 11.8. The highest BCUT2D eigenvalue weighted by atomic mass is 79.9.